The van der Waals surface area contributed by atoms with Gasteiger partial charge in [0, 0.05) is 11.1 Å². The zero-order chi connectivity index (χ0) is 19.1. The van der Waals surface area contributed by atoms with Crippen LogP contribution in [0.2, 0.25) is 0 Å². The maximum absolute atomic E-state index is 12.9. The zero-order valence-corrected chi connectivity index (χ0v) is 16.5. The summed E-state index contributed by atoms with van der Waals surface area (Å²) in [7, 11) is 0. The lowest BCUT2D eigenvalue weighted by Gasteiger charge is -2.04. The Kier molecular flexibility index (Phi) is 4.28. The van der Waals surface area contributed by atoms with Gasteiger partial charge in [0.15, 0.2) is 10.7 Å². The minimum absolute atomic E-state index is 0.0477. The van der Waals surface area contributed by atoms with Crippen LogP contribution >= 0.6 is 11.3 Å². The van der Waals surface area contributed by atoms with Crippen molar-refractivity contribution in [2.24, 2.45) is 0 Å². The van der Waals surface area contributed by atoms with Gasteiger partial charge in [0.05, 0.1) is 34.0 Å². The van der Waals surface area contributed by atoms with Crippen molar-refractivity contribution in [1.29, 1.82) is 0 Å². The normalized spacial score (nSPS) is 11.7. The van der Waals surface area contributed by atoms with Crippen LogP contribution in [-0.4, -0.2) is 24.9 Å². The molecule has 3 aromatic heterocycles. The number of benzene rings is 1. The summed E-state index contributed by atoms with van der Waals surface area (Å²) in [6.07, 6.45) is 5.52. The maximum Gasteiger partial charge on any atom is 0.194 e. The Labute approximate surface area is 161 Å². The molecule has 5 nitrogen and oxygen atoms in total. The summed E-state index contributed by atoms with van der Waals surface area (Å²) in [4.78, 5) is 19.6. The number of hydrogen-bond acceptors (Lipinski definition) is 4. The first kappa shape index (κ1) is 17.4. The highest BCUT2D eigenvalue weighted by molar-refractivity contribution is 7.17. The molecule has 0 aliphatic carbocycles. The van der Waals surface area contributed by atoms with E-state index >= 15 is 0 Å². The molecule has 0 fully saturated rings. The second-order valence-electron chi connectivity index (χ2n) is 6.57. The lowest BCUT2D eigenvalue weighted by molar-refractivity contribution is 0.104. The van der Waals surface area contributed by atoms with Crippen LogP contribution in [0.25, 0.3) is 16.7 Å². The van der Waals surface area contributed by atoms with Crippen LogP contribution in [0.15, 0.2) is 42.6 Å². The number of hydrogen-bond donors (Lipinski definition) is 0. The van der Waals surface area contributed by atoms with Gasteiger partial charge in [-0.2, -0.15) is 5.10 Å². The smallest absolute Gasteiger partial charge is 0.194 e. The molecule has 0 aliphatic heterocycles. The third kappa shape index (κ3) is 3.02. The molecule has 0 unspecified atom stereocenters. The lowest BCUT2D eigenvalue weighted by Crippen LogP contribution is -2.01. The molecule has 0 N–H and O–H groups in total. The molecular weight excluding hydrogens is 356 g/mol. The fourth-order valence-corrected chi connectivity index (χ4v) is 4.22. The first-order chi connectivity index (χ1) is 13.0. The third-order valence-corrected chi connectivity index (χ3v) is 5.49. The van der Waals surface area contributed by atoms with E-state index in [0.29, 0.717) is 5.56 Å². The molecule has 0 spiro atoms. The Morgan fingerprint density at radius 1 is 1.07 bits per heavy atom. The molecule has 4 aromatic rings. The van der Waals surface area contributed by atoms with E-state index in [1.165, 1.54) is 4.88 Å². The Bertz CT molecular complexity index is 1180. The molecule has 0 saturated heterocycles. The number of carbonyl (C=O) groups excluding carboxylic acids is 1. The van der Waals surface area contributed by atoms with Crippen LogP contribution in [0.4, 0.5) is 0 Å². The van der Waals surface area contributed by atoms with Crippen LogP contribution in [0, 0.1) is 27.7 Å². The van der Waals surface area contributed by atoms with Gasteiger partial charge in [-0.15, -0.1) is 11.3 Å². The van der Waals surface area contributed by atoms with Crippen molar-refractivity contribution in [3.05, 3.63) is 75.8 Å². The second-order valence-corrected chi connectivity index (χ2v) is 7.78. The van der Waals surface area contributed by atoms with Gasteiger partial charge in [0.2, 0.25) is 0 Å². The van der Waals surface area contributed by atoms with E-state index in [0.717, 1.165) is 33.4 Å². The Balaban J connectivity index is 1.70. The highest BCUT2D eigenvalue weighted by Crippen LogP contribution is 2.23. The van der Waals surface area contributed by atoms with Gasteiger partial charge in [0.1, 0.15) is 0 Å². The van der Waals surface area contributed by atoms with E-state index < -0.39 is 0 Å². The SMILES string of the molecule is Cc1cn2c(C=CC(=O)c3c(C)nn(-c4ccccc4)c3C)c(C)nc2s1. The number of thiazole rings is 1. The highest BCUT2D eigenvalue weighted by Gasteiger charge is 2.18. The monoisotopic (exact) mass is 376 g/mol. The van der Waals surface area contributed by atoms with E-state index in [1.807, 2.05) is 72.5 Å². The highest BCUT2D eigenvalue weighted by atomic mass is 32.1. The molecule has 4 rings (SSSR count). The maximum atomic E-state index is 12.9. The van der Waals surface area contributed by atoms with Gasteiger partial charge < -0.3 is 0 Å². The number of para-hydroxylation sites is 1. The quantitative estimate of drug-likeness (QED) is 0.383. The molecule has 0 amide bonds. The minimum atomic E-state index is -0.0477. The minimum Gasteiger partial charge on any atom is -0.290 e. The van der Waals surface area contributed by atoms with Crippen molar-refractivity contribution >= 4 is 28.2 Å². The Morgan fingerprint density at radius 2 is 1.81 bits per heavy atom. The molecule has 6 heteroatoms. The Hall–Kier alpha value is -2.99. The summed E-state index contributed by atoms with van der Waals surface area (Å²) in [6, 6.07) is 9.85. The van der Waals surface area contributed by atoms with E-state index in [2.05, 4.69) is 17.0 Å². The van der Waals surface area contributed by atoms with E-state index in [-0.39, 0.29) is 5.78 Å². The standard InChI is InChI=1S/C21H20N4OS/c1-13-12-24-18(14(2)22-21(24)27-13)10-11-19(26)20-15(3)23-25(16(20)4)17-8-6-5-7-9-17/h5-12H,1-4H3. The van der Waals surface area contributed by atoms with Crippen molar-refractivity contribution in [2.45, 2.75) is 27.7 Å². The number of carbonyl (C=O) groups is 1. The summed E-state index contributed by atoms with van der Waals surface area (Å²) >= 11 is 1.64. The van der Waals surface area contributed by atoms with Gasteiger partial charge in [-0.3, -0.25) is 9.20 Å². The molecule has 0 atom stereocenters. The fourth-order valence-electron chi connectivity index (χ4n) is 3.34. The van der Waals surface area contributed by atoms with Crippen LogP contribution in [0.5, 0.6) is 0 Å². The molecule has 27 heavy (non-hydrogen) atoms. The molecule has 0 saturated carbocycles. The summed E-state index contributed by atoms with van der Waals surface area (Å²) in [5.41, 5.74) is 5.02. The first-order valence-electron chi connectivity index (χ1n) is 8.75. The van der Waals surface area contributed by atoms with Gasteiger partial charge in [-0.1, -0.05) is 18.2 Å². The number of allylic oxidation sites excluding steroid dienone is 1. The van der Waals surface area contributed by atoms with E-state index in [4.69, 9.17) is 0 Å². The summed E-state index contributed by atoms with van der Waals surface area (Å²) < 4.78 is 3.85. The molecule has 0 bridgehead atoms. The van der Waals surface area contributed by atoms with Crippen molar-refractivity contribution < 1.29 is 4.79 Å². The molecule has 1 aromatic carbocycles. The van der Waals surface area contributed by atoms with E-state index in [9.17, 15) is 4.79 Å². The molecule has 3 heterocycles. The van der Waals surface area contributed by atoms with Crippen molar-refractivity contribution in [2.75, 3.05) is 0 Å². The van der Waals surface area contributed by atoms with Crippen molar-refractivity contribution in [3.63, 3.8) is 0 Å². The van der Waals surface area contributed by atoms with Gasteiger partial charge in [0.25, 0.3) is 0 Å². The number of ketones is 1. The summed E-state index contributed by atoms with van der Waals surface area (Å²) in [5, 5.41) is 4.56. The Morgan fingerprint density at radius 3 is 2.56 bits per heavy atom. The number of aromatic nitrogens is 4. The predicted octanol–water partition coefficient (Wildman–Crippen LogP) is 4.71. The largest absolute Gasteiger partial charge is 0.290 e. The predicted molar refractivity (Wildman–Crippen MR) is 109 cm³/mol. The number of nitrogens with zero attached hydrogens (tertiary/aromatic N) is 4. The van der Waals surface area contributed by atoms with Crippen LogP contribution in [0.1, 0.15) is 38.0 Å². The van der Waals surface area contributed by atoms with Crippen LogP contribution < -0.4 is 0 Å². The average Bonchev–Trinajstić information content (AvgIpc) is 3.23. The molecule has 136 valence electrons. The number of imidazole rings is 1. The second kappa shape index (κ2) is 6.63. The zero-order valence-electron chi connectivity index (χ0n) is 15.7. The van der Waals surface area contributed by atoms with Gasteiger partial charge >= 0.3 is 0 Å². The molecule has 0 radical (unpaired) electrons. The third-order valence-electron chi connectivity index (χ3n) is 4.59. The van der Waals surface area contributed by atoms with Gasteiger partial charge in [-0.05, 0) is 52.0 Å². The number of aryl methyl sites for hydroxylation is 3. The van der Waals surface area contributed by atoms with Crippen LogP contribution in [-0.2, 0) is 0 Å². The fraction of sp³-hybridized carbons (Fsp3) is 0.190. The summed E-state index contributed by atoms with van der Waals surface area (Å²) in [5.74, 6) is -0.0477. The van der Waals surface area contributed by atoms with Gasteiger partial charge in [-0.25, -0.2) is 9.67 Å². The van der Waals surface area contributed by atoms with Crippen molar-refractivity contribution in [1.82, 2.24) is 19.2 Å². The molecule has 0 aliphatic rings. The summed E-state index contributed by atoms with van der Waals surface area (Å²) in [6.45, 7) is 7.82. The van der Waals surface area contributed by atoms with E-state index in [1.54, 1.807) is 17.4 Å². The average molecular weight is 376 g/mol. The van der Waals surface area contributed by atoms with Crippen molar-refractivity contribution in [3.8, 4) is 5.69 Å². The number of fused-ring (bicyclic) bond motifs is 1. The number of rotatable bonds is 4. The topological polar surface area (TPSA) is 52.2 Å². The first-order valence-corrected chi connectivity index (χ1v) is 9.56. The molecular formula is C21H20N4OS. The lowest BCUT2D eigenvalue weighted by atomic mass is 10.1. The van der Waals surface area contributed by atoms with Crippen LogP contribution in [0.3, 0.4) is 0 Å².